The molecule has 1 heterocycles. The van der Waals surface area contributed by atoms with Crippen LogP contribution in [0.3, 0.4) is 0 Å². The molecule has 1 aromatic carbocycles. The van der Waals surface area contributed by atoms with E-state index in [0.717, 1.165) is 30.2 Å². The van der Waals surface area contributed by atoms with Gasteiger partial charge in [0.05, 0.1) is 0 Å². The number of benzene rings is 1. The molecule has 1 aromatic heterocycles. The van der Waals surface area contributed by atoms with Crippen LogP contribution in [0.15, 0.2) is 33.5 Å². The molecule has 1 amide bonds. The van der Waals surface area contributed by atoms with Gasteiger partial charge in [0.15, 0.2) is 6.10 Å². The monoisotopic (exact) mass is 347 g/mol. The van der Waals surface area contributed by atoms with Crippen LogP contribution in [-0.2, 0) is 16.0 Å². The fraction of sp³-hybridized carbons (Fsp3) is 0.389. The van der Waals surface area contributed by atoms with Crippen molar-refractivity contribution < 1.29 is 23.8 Å². The summed E-state index contributed by atoms with van der Waals surface area (Å²) in [5.41, 5.74) is 0.893. The van der Waals surface area contributed by atoms with E-state index in [9.17, 15) is 14.4 Å². The zero-order chi connectivity index (χ0) is 18.4. The normalized spacial score (nSPS) is 11.9. The number of unbranched alkanes of at least 4 members (excludes halogenated alkanes) is 1. The van der Waals surface area contributed by atoms with Crippen molar-refractivity contribution in [1.82, 2.24) is 5.32 Å². The molecule has 7 nitrogen and oxygen atoms in total. The van der Waals surface area contributed by atoms with E-state index in [2.05, 4.69) is 12.2 Å². The van der Waals surface area contributed by atoms with Crippen molar-refractivity contribution in [1.29, 1.82) is 0 Å². The zero-order valence-electron chi connectivity index (χ0n) is 14.2. The number of hydrogen-bond acceptors (Lipinski definition) is 5. The lowest BCUT2D eigenvalue weighted by Crippen LogP contribution is -2.39. The predicted molar refractivity (Wildman–Crippen MR) is 91.8 cm³/mol. The first-order valence-electron chi connectivity index (χ1n) is 8.13. The quantitative estimate of drug-likeness (QED) is 0.709. The molecule has 0 radical (unpaired) electrons. The third-order valence-corrected chi connectivity index (χ3v) is 3.70. The fourth-order valence-electron chi connectivity index (χ4n) is 2.42. The van der Waals surface area contributed by atoms with Gasteiger partial charge in [0.25, 0.3) is 5.91 Å². The van der Waals surface area contributed by atoms with Crippen molar-refractivity contribution >= 4 is 22.8 Å². The van der Waals surface area contributed by atoms with Crippen LogP contribution < -0.4 is 15.7 Å². The van der Waals surface area contributed by atoms with Gasteiger partial charge in [-0.15, -0.1) is 0 Å². The molecule has 0 aliphatic rings. The highest BCUT2D eigenvalue weighted by molar-refractivity contribution is 5.85. The van der Waals surface area contributed by atoms with Crippen LogP contribution in [-0.4, -0.2) is 29.6 Å². The van der Waals surface area contributed by atoms with Crippen LogP contribution >= 0.6 is 0 Å². The van der Waals surface area contributed by atoms with Crippen LogP contribution in [0.4, 0.5) is 0 Å². The summed E-state index contributed by atoms with van der Waals surface area (Å²) in [4.78, 5) is 34.0. The molecule has 0 bridgehead atoms. The Morgan fingerprint density at radius 3 is 2.76 bits per heavy atom. The maximum Gasteiger partial charge on any atom is 0.336 e. The molecule has 0 spiro atoms. The largest absolute Gasteiger partial charge is 0.481 e. The molecule has 0 aliphatic carbocycles. The predicted octanol–water partition coefficient (Wildman–Crippen LogP) is 2.10. The second-order valence-electron chi connectivity index (χ2n) is 5.72. The Bertz CT molecular complexity index is 826. The first-order chi connectivity index (χ1) is 11.9. The van der Waals surface area contributed by atoms with E-state index in [1.54, 1.807) is 18.2 Å². The third-order valence-electron chi connectivity index (χ3n) is 3.70. The Hall–Kier alpha value is -2.83. The molecular formula is C18H21NO6. The molecule has 134 valence electrons. The van der Waals surface area contributed by atoms with E-state index in [-0.39, 0.29) is 0 Å². The molecule has 2 N–H and O–H groups in total. The van der Waals surface area contributed by atoms with Crippen LogP contribution in [0.1, 0.15) is 32.3 Å². The second-order valence-corrected chi connectivity index (χ2v) is 5.72. The molecule has 0 saturated carbocycles. The highest BCUT2D eigenvalue weighted by Crippen LogP contribution is 2.24. The van der Waals surface area contributed by atoms with Crippen molar-refractivity contribution in [2.45, 2.75) is 39.2 Å². The van der Waals surface area contributed by atoms with Gasteiger partial charge in [-0.25, -0.2) is 4.79 Å². The average Bonchev–Trinajstić information content (AvgIpc) is 2.56. The van der Waals surface area contributed by atoms with Crippen LogP contribution in [0, 0.1) is 0 Å². The molecule has 25 heavy (non-hydrogen) atoms. The molecule has 0 fully saturated rings. The molecule has 0 unspecified atom stereocenters. The number of carboxylic acid groups (broad SMARTS) is 1. The zero-order valence-corrected chi connectivity index (χ0v) is 14.2. The lowest BCUT2D eigenvalue weighted by molar-refractivity contribution is -0.139. The number of ether oxygens (including phenoxy) is 1. The summed E-state index contributed by atoms with van der Waals surface area (Å²) in [7, 11) is 0. The lowest BCUT2D eigenvalue weighted by Gasteiger charge is -2.14. The van der Waals surface area contributed by atoms with Gasteiger partial charge in [-0.3, -0.25) is 9.59 Å². The van der Waals surface area contributed by atoms with Gasteiger partial charge in [-0.1, -0.05) is 13.3 Å². The molecule has 1 atom stereocenters. The minimum absolute atomic E-state index is 0.362. The van der Waals surface area contributed by atoms with Crippen molar-refractivity contribution in [2.75, 3.05) is 6.54 Å². The molecule has 7 heteroatoms. The minimum atomic E-state index is -1.13. The number of amides is 1. The fourth-order valence-corrected chi connectivity index (χ4v) is 2.42. The third kappa shape index (κ3) is 5.07. The summed E-state index contributed by atoms with van der Waals surface area (Å²) in [5, 5.41) is 11.6. The summed E-state index contributed by atoms with van der Waals surface area (Å²) < 4.78 is 10.7. The minimum Gasteiger partial charge on any atom is -0.481 e. The Morgan fingerprint density at radius 1 is 1.32 bits per heavy atom. The maximum absolute atomic E-state index is 11.8. The van der Waals surface area contributed by atoms with E-state index >= 15 is 0 Å². The van der Waals surface area contributed by atoms with Crippen molar-refractivity contribution in [2.24, 2.45) is 0 Å². The van der Waals surface area contributed by atoms with Gasteiger partial charge in [0.2, 0.25) is 0 Å². The van der Waals surface area contributed by atoms with E-state index < -0.39 is 30.2 Å². The molecule has 0 aliphatic heterocycles. The van der Waals surface area contributed by atoms with Gasteiger partial charge >= 0.3 is 11.6 Å². The summed E-state index contributed by atoms with van der Waals surface area (Å²) in [6.07, 6.45) is 1.89. The average molecular weight is 347 g/mol. The highest BCUT2D eigenvalue weighted by atomic mass is 16.5. The number of rotatable bonds is 8. The SMILES string of the molecule is CCCCc1cc(=O)oc2cc(O[C@H](C)C(=O)NCC(=O)O)ccc12. The first-order valence-corrected chi connectivity index (χ1v) is 8.13. The van der Waals surface area contributed by atoms with Crippen molar-refractivity contribution in [3.63, 3.8) is 0 Å². The van der Waals surface area contributed by atoms with E-state index in [0.29, 0.717) is 11.3 Å². The number of fused-ring (bicyclic) bond motifs is 1. The molecular weight excluding hydrogens is 326 g/mol. The topological polar surface area (TPSA) is 106 Å². The summed E-state index contributed by atoms with van der Waals surface area (Å²) >= 11 is 0. The lowest BCUT2D eigenvalue weighted by atomic mass is 10.0. The number of carbonyl (C=O) groups excluding carboxylic acids is 1. The second kappa shape index (κ2) is 8.32. The smallest absolute Gasteiger partial charge is 0.336 e. The molecule has 0 saturated heterocycles. The Labute approximate surface area is 144 Å². The number of hydrogen-bond donors (Lipinski definition) is 2. The van der Waals surface area contributed by atoms with E-state index in [1.807, 2.05) is 0 Å². The van der Waals surface area contributed by atoms with Gasteiger partial charge in [-0.05, 0) is 37.5 Å². The Kier molecular flexibility index (Phi) is 6.16. The molecule has 2 aromatic rings. The summed E-state index contributed by atoms with van der Waals surface area (Å²) in [5.74, 6) is -1.31. The number of aliphatic carboxylic acids is 1. The highest BCUT2D eigenvalue weighted by Gasteiger charge is 2.16. The number of aryl methyl sites for hydroxylation is 1. The Morgan fingerprint density at radius 2 is 2.08 bits per heavy atom. The maximum atomic E-state index is 11.8. The van der Waals surface area contributed by atoms with Crippen LogP contribution in [0.5, 0.6) is 5.75 Å². The van der Waals surface area contributed by atoms with Gasteiger partial charge in [-0.2, -0.15) is 0 Å². The number of nitrogens with one attached hydrogen (secondary N) is 1. The standard InChI is InChI=1S/C18H21NO6/c1-3-4-5-12-8-17(22)25-15-9-13(6-7-14(12)15)24-11(2)18(23)19-10-16(20)21/h6-9,11H,3-5,10H2,1-2H3,(H,19,23)(H,20,21)/t11-/m1/s1. The van der Waals surface area contributed by atoms with Crippen LogP contribution in [0.2, 0.25) is 0 Å². The summed E-state index contributed by atoms with van der Waals surface area (Å²) in [6, 6.07) is 6.55. The number of carboxylic acids is 1. The number of carbonyl (C=O) groups is 2. The van der Waals surface area contributed by atoms with E-state index in [4.69, 9.17) is 14.3 Å². The van der Waals surface area contributed by atoms with Gasteiger partial charge in [0, 0.05) is 17.5 Å². The first kappa shape index (κ1) is 18.5. The molecule has 2 rings (SSSR count). The Balaban J connectivity index is 2.19. The van der Waals surface area contributed by atoms with Gasteiger partial charge in [0.1, 0.15) is 17.9 Å². The van der Waals surface area contributed by atoms with Crippen LogP contribution in [0.25, 0.3) is 11.0 Å². The van der Waals surface area contributed by atoms with Crippen molar-refractivity contribution in [3.8, 4) is 5.75 Å². The van der Waals surface area contributed by atoms with E-state index in [1.165, 1.54) is 13.0 Å². The van der Waals surface area contributed by atoms with Crippen molar-refractivity contribution in [3.05, 3.63) is 40.2 Å². The summed E-state index contributed by atoms with van der Waals surface area (Å²) in [6.45, 7) is 3.12. The van der Waals surface area contributed by atoms with Gasteiger partial charge < -0.3 is 19.6 Å².